The Hall–Kier alpha value is -1.15. The van der Waals surface area contributed by atoms with Gasteiger partial charge in [-0.05, 0) is 25.7 Å². The maximum atomic E-state index is 12.4. The topological polar surface area (TPSA) is 84.1 Å². The van der Waals surface area contributed by atoms with E-state index in [1.807, 2.05) is 0 Å². The molecule has 1 spiro atoms. The summed E-state index contributed by atoms with van der Waals surface area (Å²) in [6.07, 6.45) is 4.43. The summed E-state index contributed by atoms with van der Waals surface area (Å²) in [5, 5.41) is 9.41. The highest BCUT2D eigenvalue weighted by Crippen LogP contribution is 2.59. The molecule has 7 nitrogen and oxygen atoms in total. The van der Waals surface area contributed by atoms with E-state index >= 15 is 0 Å². The van der Waals surface area contributed by atoms with Crippen LogP contribution in [0.5, 0.6) is 0 Å². The lowest BCUT2D eigenvalue weighted by molar-refractivity contribution is -0.126. The fourth-order valence-electron chi connectivity index (χ4n) is 4.75. The summed E-state index contributed by atoms with van der Waals surface area (Å²) in [6.45, 7) is 7.77. The first kappa shape index (κ1) is 19.2. The molecule has 4 rings (SSSR count). The van der Waals surface area contributed by atoms with Gasteiger partial charge in [0.05, 0.1) is 31.7 Å². The normalized spacial score (nSPS) is 44.0. The lowest BCUT2D eigenvalue weighted by Crippen LogP contribution is -2.58. The number of nitrogens with zero attached hydrogens (tertiary/aromatic N) is 1. The van der Waals surface area contributed by atoms with Crippen molar-refractivity contribution in [1.82, 2.24) is 4.90 Å². The van der Waals surface area contributed by atoms with E-state index < -0.39 is 6.10 Å². The molecule has 3 aliphatic heterocycles. The first-order valence-electron chi connectivity index (χ1n) is 9.95. The fourth-order valence-corrected chi connectivity index (χ4v) is 4.75. The minimum absolute atomic E-state index is 0.00495. The number of hydrogen-bond donors (Lipinski definition) is 1. The standard InChI is InChI=1S/C20H31NO6/c1-12(2)5-6-15-19(3,27-15)17-16(24-4)14(7-8-20(17)11-25-20)26-18(23)21-9-13(22)10-21/h5-6,12-17,22H,7-11H2,1-4H3/t14-,15-,16-,17?,19?,20+/m1/s1. The van der Waals surface area contributed by atoms with Gasteiger partial charge in [0.25, 0.3) is 0 Å². The van der Waals surface area contributed by atoms with Crippen molar-refractivity contribution in [3.63, 3.8) is 0 Å². The number of aliphatic hydroxyl groups excluding tert-OH is 1. The fraction of sp³-hybridized carbons (Fsp3) is 0.850. The van der Waals surface area contributed by atoms with Gasteiger partial charge in [0.1, 0.15) is 29.5 Å². The van der Waals surface area contributed by atoms with Crippen LogP contribution in [0.4, 0.5) is 4.79 Å². The molecule has 0 radical (unpaired) electrons. The lowest BCUT2D eigenvalue weighted by atomic mass is 9.68. The SMILES string of the molecule is CO[C@H]1C(C2(C)O[C@@H]2C=CC(C)C)[C@]2(CC[C@H]1OC(=O)N1CC(O)C1)CO2. The van der Waals surface area contributed by atoms with E-state index in [4.69, 9.17) is 18.9 Å². The number of epoxide rings is 2. The van der Waals surface area contributed by atoms with Gasteiger partial charge in [-0.2, -0.15) is 0 Å². The molecule has 3 saturated heterocycles. The van der Waals surface area contributed by atoms with Crippen LogP contribution >= 0.6 is 0 Å². The van der Waals surface area contributed by atoms with Crippen LogP contribution < -0.4 is 0 Å². The van der Waals surface area contributed by atoms with Crippen LogP contribution in [-0.2, 0) is 18.9 Å². The maximum Gasteiger partial charge on any atom is 0.410 e. The predicted molar refractivity (Wildman–Crippen MR) is 97.3 cm³/mol. The highest BCUT2D eigenvalue weighted by Gasteiger charge is 2.72. The van der Waals surface area contributed by atoms with Gasteiger partial charge in [0, 0.05) is 7.11 Å². The first-order chi connectivity index (χ1) is 12.8. The van der Waals surface area contributed by atoms with E-state index in [0.717, 1.165) is 6.42 Å². The molecule has 152 valence electrons. The molecule has 0 bridgehead atoms. The lowest BCUT2D eigenvalue weighted by Gasteiger charge is -2.44. The number of methoxy groups -OCH3 is 1. The molecule has 4 aliphatic rings. The van der Waals surface area contributed by atoms with Crippen LogP contribution in [0.15, 0.2) is 12.2 Å². The second-order valence-corrected chi connectivity index (χ2v) is 8.90. The number of hydrogen-bond acceptors (Lipinski definition) is 6. The summed E-state index contributed by atoms with van der Waals surface area (Å²) < 4.78 is 23.7. The van der Waals surface area contributed by atoms with Gasteiger partial charge in [-0.3, -0.25) is 0 Å². The maximum absolute atomic E-state index is 12.4. The smallest absolute Gasteiger partial charge is 0.410 e. The van der Waals surface area contributed by atoms with Crippen LogP contribution in [0.25, 0.3) is 0 Å². The van der Waals surface area contributed by atoms with Crippen molar-refractivity contribution in [3.05, 3.63) is 12.2 Å². The number of aliphatic hydroxyl groups is 1. The number of ether oxygens (including phenoxy) is 4. The summed E-state index contributed by atoms with van der Waals surface area (Å²) in [5.41, 5.74) is -0.605. The van der Waals surface area contributed by atoms with Crippen LogP contribution in [0.1, 0.15) is 33.6 Å². The summed E-state index contributed by atoms with van der Waals surface area (Å²) in [4.78, 5) is 13.9. The van der Waals surface area contributed by atoms with E-state index in [1.165, 1.54) is 4.90 Å². The van der Waals surface area contributed by atoms with Crippen molar-refractivity contribution in [2.24, 2.45) is 11.8 Å². The molecule has 3 heterocycles. The van der Waals surface area contributed by atoms with Crippen molar-refractivity contribution in [3.8, 4) is 0 Å². The van der Waals surface area contributed by atoms with Crippen LogP contribution in [-0.4, -0.2) is 78.5 Å². The number of allylic oxidation sites excluding steroid dienone is 1. The van der Waals surface area contributed by atoms with Crippen molar-refractivity contribution in [1.29, 1.82) is 0 Å². The molecule has 1 amide bonds. The number of carbonyl (C=O) groups excluding carboxylic acids is 1. The van der Waals surface area contributed by atoms with Gasteiger partial charge in [-0.1, -0.05) is 26.0 Å². The zero-order valence-electron chi connectivity index (χ0n) is 16.6. The zero-order valence-corrected chi connectivity index (χ0v) is 16.6. The van der Waals surface area contributed by atoms with Crippen LogP contribution in [0.2, 0.25) is 0 Å². The zero-order chi connectivity index (χ0) is 19.4. The van der Waals surface area contributed by atoms with Crippen molar-refractivity contribution < 1.29 is 28.8 Å². The third-order valence-corrected chi connectivity index (χ3v) is 6.45. The molecule has 0 aromatic carbocycles. The second-order valence-electron chi connectivity index (χ2n) is 8.90. The molecule has 4 fully saturated rings. The number of rotatable bonds is 5. The Morgan fingerprint density at radius 3 is 2.63 bits per heavy atom. The molecule has 0 aromatic rings. The largest absolute Gasteiger partial charge is 0.443 e. The molecule has 0 aromatic heterocycles. The predicted octanol–water partition coefficient (Wildman–Crippen LogP) is 1.73. The summed E-state index contributed by atoms with van der Waals surface area (Å²) in [7, 11) is 1.66. The van der Waals surface area contributed by atoms with Crippen molar-refractivity contribution >= 4 is 6.09 Å². The third kappa shape index (κ3) is 3.39. The average molecular weight is 381 g/mol. The van der Waals surface area contributed by atoms with E-state index in [-0.39, 0.29) is 41.5 Å². The van der Waals surface area contributed by atoms with Crippen LogP contribution in [0.3, 0.4) is 0 Å². The molecular weight excluding hydrogens is 350 g/mol. The molecule has 7 heteroatoms. The number of β-amino-alcohol motifs (C(OH)–C–C–N with tert-alkyl or cyclic N) is 1. The van der Waals surface area contributed by atoms with Crippen molar-refractivity contribution in [2.45, 2.75) is 69.2 Å². The van der Waals surface area contributed by atoms with Gasteiger partial charge in [0.15, 0.2) is 0 Å². The number of amides is 1. The molecule has 1 aliphatic carbocycles. The molecule has 27 heavy (non-hydrogen) atoms. The van der Waals surface area contributed by atoms with E-state index in [9.17, 15) is 9.90 Å². The summed E-state index contributed by atoms with van der Waals surface area (Å²) in [5.74, 6) is 0.472. The van der Waals surface area contributed by atoms with E-state index in [0.29, 0.717) is 32.0 Å². The number of carbonyl (C=O) groups is 1. The van der Waals surface area contributed by atoms with E-state index in [1.54, 1.807) is 7.11 Å². The van der Waals surface area contributed by atoms with Gasteiger partial charge >= 0.3 is 6.09 Å². The molecule has 1 saturated carbocycles. The van der Waals surface area contributed by atoms with Gasteiger partial charge in [-0.15, -0.1) is 0 Å². The second kappa shape index (κ2) is 6.72. The molecule has 2 unspecified atom stereocenters. The minimum atomic E-state index is -0.440. The Morgan fingerprint density at radius 2 is 2.07 bits per heavy atom. The summed E-state index contributed by atoms with van der Waals surface area (Å²) in [6, 6.07) is 0. The number of likely N-dealkylation sites (tertiary alicyclic amines) is 1. The van der Waals surface area contributed by atoms with Gasteiger partial charge < -0.3 is 29.0 Å². The minimum Gasteiger partial charge on any atom is -0.443 e. The van der Waals surface area contributed by atoms with Gasteiger partial charge in [-0.25, -0.2) is 4.79 Å². The highest BCUT2D eigenvalue weighted by atomic mass is 16.6. The Balaban J connectivity index is 1.48. The summed E-state index contributed by atoms with van der Waals surface area (Å²) >= 11 is 0. The first-order valence-corrected chi connectivity index (χ1v) is 9.95. The monoisotopic (exact) mass is 381 g/mol. The third-order valence-electron chi connectivity index (χ3n) is 6.45. The highest BCUT2D eigenvalue weighted by molar-refractivity contribution is 5.69. The van der Waals surface area contributed by atoms with Gasteiger partial charge in [0.2, 0.25) is 0 Å². The average Bonchev–Trinajstić information content (AvgIpc) is 3.49. The Morgan fingerprint density at radius 1 is 1.37 bits per heavy atom. The van der Waals surface area contributed by atoms with Crippen LogP contribution in [0, 0.1) is 11.8 Å². The quantitative estimate of drug-likeness (QED) is 0.577. The Bertz CT molecular complexity index is 612. The Kier molecular flexibility index (Phi) is 4.78. The molecule has 6 atom stereocenters. The van der Waals surface area contributed by atoms with Crippen molar-refractivity contribution in [2.75, 3.05) is 26.8 Å². The van der Waals surface area contributed by atoms with E-state index in [2.05, 4.69) is 32.9 Å². The molecule has 1 N–H and O–H groups in total. The Labute approximate surface area is 160 Å². The molecular formula is C20H31NO6.